The van der Waals surface area contributed by atoms with E-state index < -0.39 is 18.1 Å². The Kier molecular flexibility index (Phi) is 9.69. The van der Waals surface area contributed by atoms with Crippen molar-refractivity contribution in [2.75, 3.05) is 19.0 Å². The molecule has 3 rings (SSSR count). The van der Waals surface area contributed by atoms with E-state index >= 15 is 0 Å². The zero-order valence-corrected chi connectivity index (χ0v) is 19.4. The van der Waals surface area contributed by atoms with Crippen LogP contribution in [0.15, 0.2) is 42.5 Å². The van der Waals surface area contributed by atoms with E-state index in [4.69, 9.17) is 25.2 Å². The maximum absolute atomic E-state index is 13.1. The van der Waals surface area contributed by atoms with Gasteiger partial charge in [-0.25, -0.2) is 5.48 Å². The lowest BCUT2D eigenvalue weighted by molar-refractivity contribution is -0.130. The summed E-state index contributed by atoms with van der Waals surface area (Å²) in [5.74, 6) is 0.520. The van der Waals surface area contributed by atoms with Crippen LogP contribution in [0.3, 0.4) is 0 Å². The van der Waals surface area contributed by atoms with Crippen LogP contribution in [0.2, 0.25) is 0 Å². The first-order chi connectivity index (χ1) is 16.5. The van der Waals surface area contributed by atoms with Crippen LogP contribution in [-0.2, 0) is 27.4 Å². The van der Waals surface area contributed by atoms with Gasteiger partial charge in [-0.1, -0.05) is 24.6 Å². The molecule has 0 saturated heterocycles. The lowest BCUT2D eigenvalue weighted by Crippen LogP contribution is -2.45. The molecule has 0 unspecified atom stereocenters. The molecule has 34 heavy (non-hydrogen) atoms. The molecule has 2 bridgehead atoms. The molecular formula is C25H33N3O6. The molecule has 9 heteroatoms. The highest BCUT2D eigenvalue weighted by Crippen LogP contribution is 2.27. The third kappa shape index (κ3) is 7.44. The summed E-state index contributed by atoms with van der Waals surface area (Å²) in [6.45, 7) is 0.696. The van der Waals surface area contributed by atoms with Crippen molar-refractivity contribution >= 4 is 17.5 Å². The predicted octanol–water partition coefficient (Wildman–Crippen LogP) is 2.94. The average molecular weight is 472 g/mol. The van der Waals surface area contributed by atoms with E-state index in [1.165, 1.54) is 0 Å². The molecule has 0 aromatic heterocycles. The van der Waals surface area contributed by atoms with Crippen molar-refractivity contribution in [3.8, 4) is 11.5 Å². The van der Waals surface area contributed by atoms with Gasteiger partial charge in [0, 0.05) is 19.1 Å². The van der Waals surface area contributed by atoms with E-state index in [0.717, 1.165) is 23.3 Å². The number of nitrogens with one attached hydrogen (secondary N) is 2. The fourth-order valence-electron chi connectivity index (χ4n) is 3.89. The molecule has 0 fully saturated rings. The van der Waals surface area contributed by atoms with Crippen LogP contribution in [0.25, 0.3) is 0 Å². The summed E-state index contributed by atoms with van der Waals surface area (Å²) in [6, 6.07) is 12.7. The molecule has 1 aliphatic heterocycles. The van der Waals surface area contributed by atoms with E-state index in [2.05, 4.69) is 11.4 Å². The van der Waals surface area contributed by atoms with Crippen LogP contribution in [0.5, 0.6) is 11.5 Å². The quantitative estimate of drug-likeness (QED) is 0.277. The second kappa shape index (κ2) is 12.9. The molecule has 2 aromatic rings. The zero-order valence-electron chi connectivity index (χ0n) is 19.4. The van der Waals surface area contributed by atoms with Crippen molar-refractivity contribution in [1.82, 2.24) is 5.48 Å². The minimum atomic E-state index is -0.858. The average Bonchev–Trinajstić information content (AvgIpc) is 2.85. The number of carbonyl (C=O) groups is 2. The monoisotopic (exact) mass is 471 g/mol. The van der Waals surface area contributed by atoms with Gasteiger partial charge in [0.2, 0.25) is 5.91 Å². The van der Waals surface area contributed by atoms with Crippen LogP contribution in [0.1, 0.15) is 43.2 Å². The van der Waals surface area contributed by atoms with Crippen LogP contribution >= 0.6 is 0 Å². The standard InChI is InChI=1S/C25H33N3O6/c1-32-19-14-17-7-6-12-33-24(20(26)8-2-5-11-23(29)28-31)25(30)27-21-9-3-4-10-22(21)34-16-18(13-17)15-19/h3-4,9-10,13-15,20,24,31H,2,5-8,11-12,16,26H2,1H3,(H,27,30)(H,28,29)/t20-,24+/m0/s1. The minimum Gasteiger partial charge on any atom is -0.497 e. The van der Waals surface area contributed by atoms with Gasteiger partial charge in [-0.05, 0) is 61.1 Å². The van der Waals surface area contributed by atoms with E-state index in [0.29, 0.717) is 50.3 Å². The molecule has 1 heterocycles. The molecule has 0 saturated carbocycles. The summed E-state index contributed by atoms with van der Waals surface area (Å²) in [4.78, 5) is 24.3. The third-order valence-electron chi connectivity index (χ3n) is 5.67. The topological polar surface area (TPSA) is 132 Å². The molecule has 5 N–H and O–H groups in total. The van der Waals surface area contributed by atoms with Gasteiger partial charge in [0.25, 0.3) is 5.91 Å². The van der Waals surface area contributed by atoms with Crippen LogP contribution in [-0.4, -0.2) is 42.9 Å². The number of unbranched alkanes of at least 4 members (excludes halogenated alkanes) is 1. The van der Waals surface area contributed by atoms with E-state index in [1.807, 2.05) is 24.3 Å². The predicted molar refractivity (Wildman–Crippen MR) is 127 cm³/mol. The van der Waals surface area contributed by atoms with E-state index in [9.17, 15) is 9.59 Å². The smallest absolute Gasteiger partial charge is 0.255 e. The van der Waals surface area contributed by atoms with Crippen molar-refractivity contribution in [1.29, 1.82) is 0 Å². The molecule has 2 aromatic carbocycles. The Morgan fingerprint density at radius 3 is 2.85 bits per heavy atom. The number of hydroxylamine groups is 1. The maximum atomic E-state index is 13.1. The molecule has 2 atom stereocenters. The third-order valence-corrected chi connectivity index (χ3v) is 5.67. The fourth-order valence-corrected chi connectivity index (χ4v) is 3.89. The van der Waals surface area contributed by atoms with Gasteiger partial charge in [-0.15, -0.1) is 0 Å². The van der Waals surface area contributed by atoms with Crippen LogP contribution < -0.4 is 26.0 Å². The Labute approximate surface area is 199 Å². The zero-order chi connectivity index (χ0) is 24.3. The number of fused-ring (bicyclic) bond motifs is 3. The summed E-state index contributed by atoms with van der Waals surface area (Å²) < 4.78 is 17.4. The van der Waals surface area contributed by atoms with E-state index in [-0.39, 0.29) is 12.3 Å². The molecule has 9 nitrogen and oxygen atoms in total. The summed E-state index contributed by atoms with van der Waals surface area (Å²) in [5, 5.41) is 11.5. The van der Waals surface area contributed by atoms with Gasteiger partial charge in [-0.2, -0.15) is 0 Å². The number of carbonyl (C=O) groups excluding carboxylic acids is 2. The van der Waals surface area contributed by atoms with Gasteiger partial charge in [0.05, 0.1) is 12.8 Å². The Morgan fingerprint density at radius 1 is 1.26 bits per heavy atom. The number of hydrogen-bond donors (Lipinski definition) is 4. The molecule has 0 aliphatic carbocycles. The summed E-state index contributed by atoms with van der Waals surface area (Å²) in [6.07, 6.45) is 2.45. The fraction of sp³-hybridized carbons (Fsp3) is 0.440. The SMILES string of the molecule is COc1cc2cc(c1)COc1ccccc1NC(=O)[C@@H]([C@@H](N)CCCCC(=O)NO)OCCC2. The maximum Gasteiger partial charge on any atom is 0.255 e. The van der Waals surface area contributed by atoms with E-state index in [1.54, 1.807) is 24.7 Å². The van der Waals surface area contributed by atoms with Gasteiger partial charge >= 0.3 is 0 Å². The molecule has 2 amide bonds. The van der Waals surface area contributed by atoms with Crippen LogP contribution in [0.4, 0.5) is 5.69 Å². The molecule has 0 radical (unpaired) electrons. The second-order valence-electron chi connectivity index (χ2n) is 8.30. The van der Waals surface area contributed by atoms with Gasteiger partial charge in [0.1, 0.15) is 18.1 Å². The van der Waals surface area contributed by atoms with Crippen molar-refractivity contribution < 1.29 is 29.0 Å². The number of methoxy groups -OCH3 is 1. The summed E-state index contributed by atoms with van der Waals surface area (Å²) >= 11 is 0. The highest BCUT2D eigenvalue weighted by atomic mass is 16.5. The van der Waals surface area contributed by atoms with Crippen molar-refractivity contribution in [3.63, 3.8) is 0 Å². The number of benzene rings is 2. The van der Waals surface area contributed by atoms with Crippen LogP contribution in [0, 0.1) is 0 Å². The lowest BCUT2D eigenvalue weighted by atomic mass is 10.0. The summed E-state index contributed by atoms with van der Waals surface area (Å²) in [5.41, 5.74) is 10.6. The lowest BCUT2D eigenvalue weighted by Gasteiger charge is -2.24. The number of ether oxygens (including phenoxy) is 3. The van der Waals surface area contributed by atoms with Gasteiger partial charge in [-0.3, -0.25) is 14.8 Å². The van der Waals surface area contributed by atoms with Crippen molar-refractivity contribution in [3.05, 3.63) is 53.6 Å². The van der Waals surface area contributed by atoms with Crippen molar-refractivity contribution in [2.24, 2.45) is 5.73 Å². The van der Waals surface area contributed by atoms with Gasteiger partial charge < -0.3 is 25.3 Å². The molecular weight excluding hydrogens is 438 g/mol. The minimum absolute atomic E-state index is 0.189. The normalized spacial score (nSPS) is 17.4. The Hall–Kier alpha value is -3.14. The first-order valence-electron chi connectivity index (χ1n) is 11.5. The molecule has 184 valence electrons. The largest absolute Gasteiger partial charge is 0.497 e. The Morgan fingerprint density at radius 2 is 2.06 bits per heavy atom. The highest BCUT2D eigenvalue weighted by Gasteiger charge is 2.27. The first kappa shape index (κ1) is 25.5. The first-order valence-corrected chi connectivity index (χ1v) is 11.5. The number of anilines is 1. The number of rotatable bonds is 7. The number of nitrogens with two attached hydrogens (primary N) is 1. The molecule has 1 aliphatic rings. The number of hydrogen-bond acceptors (Lipinski definition) is 7. The number of amides is 2. The second-order valence-corrected chi connectivity index (χ2v) is 8.30. The van der Waals surface area contributed by atoms with Gasteiger partial charge in [0.15, 0.2) is 6.10 Å². The Bertz CT molecular complexity index is 967. The summed E-state index contributed by atoms with van der Waals surface area (Å²) in [7, 11) is 1.64. The number of aryl methyl sites for hydroxylation is 1. The highest BCUT2D eigenvalue weighted by molar-refractivity contribution is 5.96. The number of para-hydroxylation sites is 2. The Balaban J connectivity index is 1.76. The van der Waals surface area contributed by atoms with Crippen molar-refractivity contribution in [2.45, 2.75) is 57.3 Å². The molecule has 0 spiro atoms.